The molecule has 156 valence electrons. The first-order chi connectivity index (χ1) is 13.6. The maximum atomic E-state index is 12.7. The van der Waals surface area contributed by atoms with Gasteiger partial charge in [-0.2, -0.15) is 0 Å². The van der Waals surface area contributed by atoms with Crippen LogP contribution in [0.4, 0.5) is 5.69 Å². The van der Waals surface area contributed by atoms with Gasteiger partial charge in [0, 0.05) is 24.1 Å². The van der Waals surface area contributed by atoms with E-state index in [0.29, 0.717) is 17.9 Å². The Bertz CT molecular complexity index is 910. The molecule has 2 aromatic rings. The van der Waals surface area contributed by atoms with E-state index in [0.717, 1.165) is 22.5 Å². The molecule has 0 bridgehead atoms. The van der Waals surface area contributed by atoms with Gasteiger partial charge in [-0.1, -0.05) is 18.2 Å². The maximum absolute atomic E-state index is 12.7. The molecule has 1 aromatic heterocycles. The Morgan fingerprint density at radius 3 is 2.31 bits per heavy atom. The molecule has 29 heavy (non-hydrogen) atoms. The van der Waals surface area contributed by atoms with E-state index in [2.05, 4.69) is 5.32 Å². The second-order valence-electron chi connectivity index (χ2n) is 7.16. The summed E-state index contributed by atoms with van der Waals surface area (Å²) < 4.78 is 6.82. The maximum Gasteiger partial charge on any atom is 0.339 e. The van der Waals surface area contributed by atoms with Crippen molar-refractivity contribution in [2.24, 2.45) is 0 Å². The molecule has 1 N–H and O–H groups in total. The minimum Gasteiger partial charge on any atom is -0.462 e. The van der Waals surface area contributed by atoms with E-state index in [1.165, 1.54) is 4.90 Å². The van der Waals surface area contributed by atoms with Gasteiger partial charge in [0.25, 0.3) is 0 Å². The Kier molecular flexibility index (Phi) is 7.20. The quantitative estimate of drug-likeness (QED) is 0.726. The number of hydrogen-bond donors (Lipinski definition) is 1. The van der Waals surface area contributed by atoms with Crippen molar-refractivity contribution in [3.05, 3.63) is 52.3 Å². The minimum absolute atomic E-state index is 0.0459. The smallest absolute Gasteiger partial charge is 0.339 e. The third-order valence-electron chi connectivity index (χ3n) is 4.91. The molecular weight excluding hydrogens is 370 g/mol. The van der Waals surface area contributed by atoms with Crippen LogP contribution in [0.1, 0.15) is 39.8 Å². The number of rotatable bonds is 7. The molecular formula is C22H29N3O4. The predicted octanol–water partition coefficient (Wildman–Crippen LogP) is 3.00. The fourth-order valence-corrected chi connectivity index (χ4v) is 3.21. The van der Waals surface area contributed by atoms with Crippen molar-refractivity contribution in [1.29, 1.82) is 0 Å². The van der Waals surface area contributed by atoms with Crippen LogP contribution in [0.5, 0.6) is 0 Å². The fourth-order valence-electron chi connectivity index (χ4n) is 3.21. The number of carbonyl (C=O) groups is 3. The Labute approximate surface area is 171 Å². The number of para-hydroxylation sites is 1. The zero-order chi connectivity index (χ0) is 21.7. The number of carbonyl (C=O) groups excluding carboxylic acids is 3. The number of amides is 2. The minimum atomic E-state index is -0.402. The van der Waals surface area contributed by atoms with Gasteiger partial charge in [-0.25, -0.2) is 4.79 Å². The summed E-state index contributed by atoms with van der Waals surface area (Å²) in [5.41, 5.74) is 4.62. The van der Waals surface area contributed by atoms with Gasteiger partial charge < -0.3 is 19.5 Å². The second kappa shape index (κ2) is 9.41. The number of ether oxygens (including phenoxy) is 1. The second-order valence-corrected chi connectivity index (χ2v) is 7.16. The Hall–Kier alpha value is -3.09. The van der Waals surface area contributed by atoms with Gasteiger partial charge >= 0.3 is 5.97 Å². The van der Waals surface area contributed by atoms with Gasteiger partial charge in [-0.15, -0.1) is 0 Å². The molecule has 7 heteroatoms. The summed E-state index contributed by atoms with van der Waals surface area (Å²) >= 11 is 0. The Morgan fingerprint density at radius 1 is 1.10 bits per heavy atom. The molecule has 1 aromatic carbocycles. The molecule has 0 fully saturated rings. The first-order valence-electron chi connectivity index (χ1n) is 9.59. The molecule has 0 aliphatic carbocycles. The number of hydrogen-bond acceptors (Lipinski definition) is 4. The van der Waals surface area contributed by atoms with E-state index in [1.807, 2.05) is 39.0 Å². The molecule has 0 radical (unpaired) electrons. The number of aryl methyl sites for hydroxylation is 3. The van der Waals surface area contributed by atoms with Gasteiger partial charge in [0.15, 0.2) is 0 Å². The highest BCUT2D eigenvalue weighted by atomic mass is 16.5. The molecule has 0 saturated carbocycles. The van der Waals surface area contributed by atoms with Crippen molar-refractivity contribution in [1.82, 2.24) is 9.47 Å². The number of likely N-dealkylation sites (N-methyl/N-ethyl adjacent to an activating group) is 1. The molecule has 7 nitrogen and oxygen atoms in total. The highest BCUT2D eigenvalue weighted by molar-refractivity contribution is 5.96. The van der Waals surface area contributed by atoms with Gasteiger partial charge in [0.2, 0.25) is 11.8 Å². The van der Waals surface area contributed by atoms with Crippen LogP contribution in [0, 0.1) is 27.7 Å². The highest BCUT2D eigenvalue weighted by Gasteiger charge is 2.20. The average molecular weight is 399 g/mol. The van der Waals surface area contributed by atoms with Crippen LogP contribution in [0.15, 0.2) is 24.3 Å². The van der Waals surface area contributed by atoms with Crippen LogP contribution in [-0.2, 0) is 20.9 Å². The molecule has 2 amide bonds. The molecule has 0 aliphatic rings. The van der Waals surface area contributed by atoms with E-state index < -0.39 is 5.97 Å². The molecule has 0 unspecified atom stereocenters. The molecule has 1 heterocycles. The SMILES string of the molecule is CCOC(=O)c1cc(C)n(CC(=O)N(C)CC(=O)Nc2c(C)cccc2C)c1C. The van der Waals surface area contributed by atoms with Crippen LogP contribution < -0.4 is 5.32 Å². The van der Waals surface area contributed by atoms with Crippen LogP contribution in [0.3, 0.4) is 0 Å². The monoisotopic (exact) mass is 399 g/mol. The lowest BCUT2D eigenvalue weighted by Crippen LogP contribution is -2.37. The van der Waals surface area contributed by atoms with Crippen molar-refractivity contribution in [3.8, 4) is 0 Å². The number of esters is 1. The summed E-state index contributed by atoms with van der Waals surface area (Å²) in [6.45, 7) is 9.49. The lowest BCUT2D eigenvalue weighted by Gasteiger charge is -2.19. The third-order valence-corrected chi connectivity index (χ3v) is 4.91. The number of nitrogens with zero attached hydrogens (tertiary/aromatic N) is 2. The predicted molar refractivity (Wildman–Crippen MR) is 112 cm³/mol. The van der Waals surface area contributed by atoms with Gasteiger partial charge in [-0.05, 0) is 51.8 Å². The topological polar surface area (TPSA) is 80.6 Å². The van der Waals surface area contributed by atoms with Crippen molar-refractivity contribution in [2.45, 2.75) is 41.2 Å². The van der Waals surface area contributed by atoms with Crippen LogP contribution in [-0.4, -0.2) is 47.4 Å². The first kappa shape index (κ1) is 22.2. The molecule has 2 rings (SSSR count). The summed E-state index contributed by atoms with van der Waals surface area (Å²) in [6.07, 6.45) is 0. The van der Waals surface area contributed by atoms with E-state index in [4.69, 9.17) is 4.74 Å². The van der Waals surface area contributed by atoms with Crippen molar-refractivity contribution in [2.75, 3.05) is 25.5 Å². The number of anilines is 1. The van der Waals surface area contributed by atoms with Gasteiger partial charge in [0.1, 0.15) is 6.54 Å². The molecule has 0 atom stereocenters. The highest BCUT2D eigenvalue weighted by Crippen LogP contribution is 2.19. The zero-order valence-corrected chi connectivity index (χ0v) is 18.0. The Balaban J connectivity index is 2.04. The summed E-state index contributed by atoms with van der Waals surface area (Å²) in [5.74, 6) is -0.883. The largest absolute Gasteiger partial charge is 0.462 e. The van der Waals surface area contributed by atoms with Crippen molar-refractivity contribution in [3.63, 3.8) is 0 Å². The normalized spacial score (nSPS) is 10.6. The van der Waals surface area contributed by atoms with Gasteiger partial charge in [0.05, 0.1) is 18.7 Å². The van der Waals surface area contributed by atoms with E-state index >= 15 is 0 Å². The van der Waals surface area contributed by atoms with Crippen molar-refractivity contribution >= 4 is 23.5 Å². The standard InChI is InChI=1S/C22H29N3O4/c1-7-29-22(28)18-11-16(4)25(17(18)5)13-20(27)24(6)12-19(26)23-21-14(2)9-8-10-15(21)3/h8-11H,7,12-13H2,1-6H3,(H,23,26). The Morgan fingerprint density at radius 2 is 1.72 bits per heavy atom. The fraction of sp³-hybridized carbons (Fsp3) is 0.409. The van der Waals surface area contributed by atoms with Crippen molar-refractivity contribution < 1.29 is 19.1 Å². The summed E-state index contributed by atoms with van der Waals surface area (Å²) in [4.78, 5) is 38.5. The van der Waals surface area contributed by atoms with E-state index in [-0.39, 0.29) is 24.9 Å². The zero-order valence-electron chi connectivity index (χ0n) is 18.0. The van der Waals surface area contributed by atoms with Gasteiger partial charge in [-0.3, -0.25) is 9.59 Å². The molecule has 0 saturated heterocycles. The molecule has 0 aliphatic heterocycles. The summed E-state index contributed by atoms with van der Waals surface area (Å²) in [6, 6.07) is 7.50. The summed E-state index contributed by atoms with van der Waals surface area (Å²) in [5, 5.41) is 2.88. The first-order valence-corrected chi connectivity index (χ1v) is 9.59. The summed E-state index contributed by atoms with van der Waals surface area (Å²) in [7, 11) is 1.59. The average Bonchev–Trinajstić information content (AvgIpc) is 2.93. The van der Waals surface area contributed by atoms with Crippen LogP contribution in [0.2, 0.25) is 0 Å². The number of aromatic nitrogens is 1. The van der Waals surface area contributed by atoms with Crippen LogP contribution in [0.25, 0.3) is 0 Å². The number of nitrogens with one attached hydrogen (secondary N) is 1. The van der Waals surface area contributed by atoms with E-state index in [1.54, 1.807) is 31.5 Å². The number of benzene rings is 1. The van der Waals surface area contributed by atoms with E-state index in [9.17, 15) is 14.4 Å². The lowest BCUT2D eigenvalue weighted by atomic mass is 10.1. The molecule has 0 spiro atoms. The van der Waals surface area contributed by atoms with Crippen LogP contribution >= 0.6 is 0 Å². The third kappa shape index (κ3) is 5.25. The lowest BCUT2D eigenvalue weighted by molar-refractivity contribution is -0.133.